The minimum absolute atomic E-state index is 0.185. The van der Waals surface area contributed by atoms with Gasteiger partial charge in [0.1, 0.15) is 11.8 Å². The van der Waals surface area contributed by atoms with Gasteiger partial charge in [0, 0.05) is 12.8 Å². The summed E-state index contributed by atoms with van der Waals surface area (Å²) < 4.78 is 0. The Hall–Kier alpha value is -1.69. The highest BCUT2D eigenvalue weighted by molar-refractivity contribution is 7.99. The Balaban J connectivity index is 2.61. The van der Waals surface area contributed by atoms with Crippen LogP contribution in [0.5, 0.6) is 5.75 Å². The van der Waals surface area contributed by atoms with Crippen molar-refractivity contribution in [1.82, 2.24) is 5.32 Å². The number of unbranched alkanes of at least 4 members (excludes halogenated alkanes) is 7. The first-order chi connectivity index (χ1) is 16.8. The zero-order chi connectivity index (χ0) is 27.4. The van der Waals surface area contributed by atoms with Gasteiger partial charge in [-0.3, -0.25) is 4.79 Å². The summed E-state index contributed by atoms with van der Waals surface area (Å²) >= 11 is 2.01. The Bertz CT molecular complexity index is 788. The molecule has 0 saturated heterocycles. The van der Waals surface area contributed by atoms with Gasteiger partial charge in [-0.1, -0.05) is 99.1 Å². The Labute approximate surface area is 224 Å². The summed E-state index contributed by atoms with van der Waals surface area (Å²) in [6, 6.07) is 2.78. The molecule has 0 radical (unpaired) electrons. The van der Waals surface area contributed by atoms with E-state index in [9.17, 15) is 19.8 Å². The maximum Gasteiger partial charge on any atom is 0.326 e. The molecule has 36 heavy (non-hydrogen) atoms. The number of phenolic OH excluding ortho intramolecular Hbond substituents is 1. The van der Waals surface area contributed by atoms with Crippen LogP contribution in [0.15, 0.2) is 12.1 Å². The predicted molar refractivity (Wildman–Crippen MR) is 153 cm³/mol. The van der Waals surface area contributed by atoms with Crippen LogP contribution in [0.1, 0.15) is 123 Å². The van der Waals surface area contributed by atoms with Crippen LogP contribution in [0.3, 0.4) is 0 Å². The SMILES string of the molecule is CCSCCCCCCCCCCC(=O)N[C@@H](Cc1cc(C(C)(C)C)c(O)c(C(C)(C)C)c1)C(=O)O. The molecule has 1 aromatic rings. The van der Waals surface area contributed by atoms with Crippen LogP contribution >= 0.6 is 11.8 Å². The Morgan fingerprint density at radius 3 is 1.78 bits per heavy atom. The normalized spacial score (nSPS) is 13.0. The molecule has 5 nitrogen and oxygen atoms in total. The van der Waals surface area contributed by atoms with Crippen LogP contribution in [0.25, 0.3) is 0 Å². The van der Waals surface area contributed by atoms with E-state index in [1.54, 1.807) is 0 Å². The minimum Gasteiger partial charge on any atom is -0.507 e. The third kappa shape index (κ3) is 12.0. The molecule has 6 heteroatoms. The number of hydrogen-bond acceptors (Lipinski definition) is 4. The van der Waals surface area contributed by atoms with Crippen molar-refractivity contribution < 1.29 is 19.8 Å². The molecular formula is C30H51NO4S. The Kier molecular flexibility index (Phi) is 14.0. The summed E-state index contributed by atoms with van der Waals surface area (Å²) in [6.45, 7) is 14.4. The minimum atomic E-state index is -1.04. The largest absolute Gasteiger partial charge is 0.507 e. The van der Waals surface area contributed by atoms with E-state index in [2.05, 4.69) is 12.2 Å². The second-order valence-corrected chi connectivity index (χ2v) is 13.4. The zero-order valence-electron chi connectivity index (χ0n) is 23.8. The number of nitrogens with one attached hydrogen (secondary N) is 1. The first-order valence-corrected chi connectivity index (χ1v) is 14.9. The van der Waals surface area contributed by atoms with Gasteiger partial charge in [-0.25, -0.2) is 4.79 Å². The van der Waals surface area contributed by atoms with Gasteiger partial charge in [0.15, 0.2) is 0 Å². The van der Waals surface area contributed by atoms with E-state index in [0.717, 1.165) is 36.0 Å². The summed E-state index contributed by atoms with van der Waals surface area (Å²) in [5, 5.41) is 23.4. The second-order valence-electron chi connectivity index (χ2n) is 12.0. The van der Waals surface area contributed by atoms with Crippen LogP contribution < -0.4 is 5.32 Å². The standard InChI is InChI=1S/C30H51NO4S/c1-8-36-18-16-14-12-10-9-11-13-15-17-26(32)31-25(28(34)35)21-22-19-23(29(2,3)4)27(33)24(20-22)30(5,6)7/h19-20,25,33H,8-18,21H2,1-7H3,(H,31,32)(H,34,35)/t25-/m0/s1. The van der Waals surface area contributed by atoms with Gasteiger partial charge < -0.3 is 15.5 Å². The van der Waals surface area contributed by atoms with E-state index in [1.165, 1.54) is 43.6 Å². The second kappa shape index (κ2) is 15.5. The number of carbonyl (C=O) groups is 2. The van der Waals surface area contributed by atoms with Crippen LogP contribution in [0.4, 0.5) is 0 Å². The summed E-state index contributed by atoms with van der Waals surface area (Å²) in [5.41, 5.74) is 1.80. The fourth-order valence-corrected chi connectivity index (χ4v) is 5.05. The molecule has 0 fully saturated rings. The number of hydrogen-bond donors (Lipinski definition) is 3. The molecule has 1 rings (SSSR count). The first-order valence-electron chi connectivity index (χ1n) is 13.7. The van der Waals surface area contributed by atoms with Gasteiger partial charge in [0.25, 0.3) is 0 Å². The van der Waals surface area contributed by atoms with Crippen LogP contribution in [0.2, 0.25) is 0 Å². The molecule has 1 atom stereocenters. The van der Waals surface area contributed by atoms with E-state index in [-0.39, 0.29) is 28.9 Å². The van der Waals surface area contributed by atoms with Crippen molar-refractivity contribution in [3.05, 3.63) is 28.8 Å². The topological polar surface area (TPSA) is 86.6 Å². The van der Waals surface area contributed by atoms with Gasteiger partial charge in [0.05, 0.1) is 0 Å². The summed E-state index contributed by atoms with van der Waals surface area (Å²) in [7, 11) is 0. The number of carboxylic acid groups (broad SMARTS) is 1. The highest BCUT2D eigenvalue weighted by atomic mass is 32.2. The molecule has 0 bridgehead atoms. The molecule has 0 unspecified atom stereocenters. The van der Waals surface area contributed by atoms with E-state index in [0.29, 0.717) is 6.42 Å². The fourth-order valence-electron chi connectivity index (χ4n) is 4.35. The van der Waals surface area contributed by atoms with Gasteiger partial charge in [-0.15, -0.1) is 0 Å². The highest BCUT2D eigenvalue weighted by Crippen LogP contribution is 2.40. The quantitative estimate of drug-likeness (QED) is 0.198. The Morgan fingerprint density at radius 1 is 0.861 bits per heavy atom. The molecule has 0 saturated carbocycles. The lowest BCUT2D eigenvalue weighted by Crippen LogP contribution is -2.42. The summed E-state index contributed by atoms with van der Waals surface area (Å²) in [5.74, 6) is 1.49. The van der Waals surface area contributed by atoms with Crippen molar-refractivity contribution in [2.24, 2.45) is 0 Å². The number of benzene rings is 1. The smallest absolute Gasteiger partial charge is 0.326 e. The van der Waals surface area contributed by atoms with Crippen molar-refractivity contribution in [3.63, 3.8) is 0 Å². The number of phenols is 1. The molecule has 0 heterocycles. The maximum absolute atomic E-state index is 12.5. The first kappa shape index (κ1) is 32.3. The van der Waals surface area contributed by atoms with Gasteiger partial charge >= 0.3 is 5.97 Å². The van der Waals surface area contributed by atoms with Crippen LogP contribution in [-0.4, -0.2) is 39.6 Å². The summed E-state index contributed by atoms with van der Waals surface area (Å²) in [6.07, 6.45) is 9.80. The van der Waals surface area contributed by atoms with Crippen molar-refractivity contribution in [3.8, 4) is 5.75 Å². The van der Waals surface area contributed by atoms with Crippen molar-refractivity contribution >= 4 is 23.6 Å². The number of aromatic hydroxyl groups is 1. The average Bonchev–Trinajstić information content (AvgIpc) is 2.76. The average molecular weight is 522 g/mol. The van der Waals surface area contributed by atoms with Gasteiger partial charge in [0.2, 0.25) is 5.91 Å². The number of carboxylic acids is 1. The van der Waals surface area contributed by atoms with E-state index < -0.39 is 12.0 Å². The molecule has 1 amide bonds. The number of amides is 1. The number of aliphatic carboxylic acids is 1. The van der Waals surface area contributed by atoms with E-state index in [1.807, 2.05) is 65.4 Å². The predicted octanol–water partition coefficient (Wildman–Crippen LogP) is 7.36. The lowest BCUT2D eigenvalue weighted by atomic mass is 9.78. The van der Waals surface area contributed by atoms with Crippen molar-refractivity contribution in [1.29, 1.82) is 0 Å². The lowest BCUT2D eigenvalue weighted by Gasteiger charge is -2.28. The Morgan fingerprint density at radius 2 is 1.33 bits per heavy atom. The molecular weight excluding hydrogens is 470 g/mol. The zero-order valence-corrected chi connectivity index (χ0v) is 24.7. The molecule has 206 valence electrons. The fraction of sp³-hybridized carbons (Fsp3) is 0.733. The lowest BCUT2D eigenvalue weighted by molar-refractivity contribution is -0.141. The third-order valence-corrected chi connectivity index (χ3v) is 7.49. The molecule has 0 aliphatic heterocycles. The highest BCUT2D eigenvalue weighted by Gasteiger charge is 2.28. The van der Waals surface area contributed by atoms with E-state index in [4.69, 9.17) is 0 Å². The molecule has 1 aromatic carbocycles. The number of carbonyl (C=O) groups excluding carboxylic acids is 1. The summed E-state index contributed by atoms with van der Waals surface area (Å²) in [4.78, 5) is 24.5. The number of thioether (sulfide) groups is 1. The molecule has 0 spiro atoms. The molecule has 0 aliphatic carbocycles. The molecule has 3 N–H and O–H groups in total. The van der Waals surface area contributed by atoms with Gasteiger partial charge in [-0.05, 0) is 51.9 Å². The monoisotopic (exact) mass is 521 g/mol. The number of rotatable bonds is 16. The third-order valence-electron chi connectivity index (χ3n) is 6.51. The van der Waals surface area contributed by atoms with Gasteiger partial charge in [-0.2, -0.15) is 11.8 Å². The maximum atomic E-state index is 12.5. The van der Waals surface area contributed by atoms with Crippen molar-refractivity contribution in [2.45, 2.75) is 130 Å². The van der Waals surface area contributed by atoms with Crippen molar-refractivity contribution in [2.75, 3.05) is 11.5 Å². The van der Waals surface area contributed by atoms with Crippen LogP contribution in [0, 0.1) is 0 Å². The molecule has 0 aliphatic rings. The van der Waals surface area contributed by atoms with E-state index >= 15 is 0 Å². The van der Waals surface area contributed by atoms with Crippen LogP contribution in [-0.2, 0) is 26.8 Å². The molecule has 0 aromatic heterocycles.